The molecule has 102 valence electrons. The topological polar surface area (TPSA) is 52.0 Å². The molecule has 0 aliphatic heterocycles. The van der Waals surface area contributed by atoms with Crippen molar-refractivity contribution in [3.8, 4) is 0 Å². The Morgan fingerprint density at radius 1 is 1.21 bits per heavy atom. The third-order valence-electron chi connectivity index (χ3n) is 3.71. The Balaban J connectivity index is 2.18. The molecule has 2 aromatic heterocycles. The summed E-state index contributed by atoms with van der Waals surface area (Å²) < 4.78 is 5.64. The third-order valence-corrected chi connectivity index (χ3v) is 3.71. The zero-order valence-corrected chi connectivity index (χ0v) is 12.2. The molecule has 0 aliphatic rings. The largest absolute Gasteiger partial charge is 0.466 e. The lowest BCUT2D eigenvalue weighted by atomic mass is 9.98. The molecule has 0 radical (unpaired) electrons. The van der Waals surface area contributed by atoms with E-state index in [-0.39, 0.29) is 6.04 Å². The summed E-state index contributed by atoms with van der Waals surface area (Å²) in [5, 5.41) is 0. The Bertz CT molecular complexity index is 555. The molecule has 0 fully saturated rings. The molecule has 2 N–H and O–H groups in total. The van der Waals surface area contributed by atoms with Gasteiger partial charge in [-0.15, -0.1) is 0 Å². The molecule has 19 heavy (non-hydrogen) atoms. The van der Waals surface area contributed by atoms with Gasteiger partial charge >= 0.3 is 0 Å². The minimum atomic E-state index is -0.0579. The molecule has 0 saturated heterocycles. The van der Waals surface area contributed by atoms with E-state index in [2.05, 4.69) is 31.0 Å². The Labute approximate surface area is 114 Å². The smallest absolute Gasteiger partial charge is 0.106 e. The summed E-state index contributed by atoms with van der Waals surface area (Å²) in [4.78, 5) is 4.47. The SMILES string of the molecule is CCc1ccc(CC(N)c2c(C)oc(C)c2C)nc1. The summed E-state index contributed by atoms with van der Waals surface area (Å²) in [6, 6.07) is 4.13. The molecule has 2 heterocycles. The zero-order chi connectivity index (χ0) is 14.0. The van der Waals surface area contributed by atoms with Crippen molar-refractivity contribution in [2.24, 2.45) is 5.73 Å². The van der Waals surface area contributed by atoms with Gasteiger partial charge in [-0.3, -0.25) is 4.98 Å². The number of nitrogens with zero attached hydrogens (tertiary/aromatic N) is 1. The van der Waals surface area contributed by atoms with E-state index in [0.717, 1.165) is 41.2 Å². The van der Waals surface area contributed by atoms with Gasteiger partial charge in [0.2, 0.25) is 0 Å². The van der Waals surface area contributed by atoms with E-state index >= 15 is 0 Å². The maximum atomic E-state index is 6.31. The number of aryl methyl sites for hydroxylation is 3. The molecule has 0 aliphatic carbocycles. The van der Waals surface area contributed by atoms with Crippen LogP contribution < -0.4 is 5.73 Å². The predicted molar refractivity (Wildman–Crippen MR) is 77.2 cm³/mol. The van der Waals surface area contributed by atoms with E-state index in [4.69, 9.17) is 10.2 Å². The fourth-order valence-electron chi connectivity index (χ4n) is 2.47. The van der Waals surface area contributed by atoms with Gasteiger partial charge in [0, 0.05) is 29.9 Å². The van der Waals surface area contributed by atoms with Crippen molar-refractivity contribution in [3.63, 3.8) is 0 Å². The van der Waals surface area contributed by atoms with Gasteiger partial charge in [0.25, 0.3) is 0 Å². The van der Waals surface area contributed by atoms with Crippen molar-refractivity contribution < 1.29 is 4.42 Å². The van der Waals surface area contributed by atoms with Crippen molar-refractivity contribution in [1.29, 1.82) is 0 Å². The number of hydrogen-bond donors (Lipinski definition) is 1. The summed E-state index contributed by atoms with van der Waals surface area (Å²) >= 11 is 0. The highest BCUT2D eigenvalue weighted by Crippen LogP contribution is 2.27. The first-order valence-corrected chi connectivity index (χ1v) is 6.78. The number of nitrogens with two attached hydrogens (primary N) is 1. The van der Waals surface area contributed by atoms with Gasteiger partial charge in [0.05, 0.1) is 0 Å². The third kappa shape index (κ3) is 2.87. The van der Waals surface area contributed by atoms with E-state index in [1.54, 1.807) is 0 Å². The van der Waals surface area contributed by atoms with Crippen LogP contribution in [0.25, 0.3) is 0 Å². The molecule has 0 bridgehead atoms. The van der Waals surface area contributed by atoms with Crippen molar-refractivity contribution in [2.45, 2.75) is 46.6 Å². The quantitative estimate of drug-likeness (QED) is 0.914. The highest BCUT2D eigenvalue weighted by atomic mass is 16.3. The summed E-state index contributed by atoms with van der Waals surface area (Å²) in [5.41, 5.74) is 10.9. The molecule has 2 aromatic rings. The van der Waals surface area contributed by atoms with Crippen LogP contribution in [0.4, 0.5) is 0 Å². The molecule has 3 heteroatoms. The molecule has 3 nitrogen and oxygen atoms in total. The van der Waals surface area contributed by atoms with Crippen LogP contribution >= 0.6 is 0 Å². The van der Waals surface area contributed by atoms with E-state index in [9.17, 15) is 0 Å². The van der Waals surface area contributed by atoms with Crippen LogP contribution in [-0.4, -0.2) is 4.98 Å². The molecule has 1 unspecified atom stereocenters. The Kier molecular flexibility index (Phi) is 4.05. The number of pyridine rings is 1. The van der Waals surface area contributed by atoms with Gasteiger partial charge in [-0.05, 0) is 44.4 Å². The Morgan fingerprint density at radius 3 is 2.42 bits per heavy atom. The first-order chi connectivity index (χ1) is 9.02. The fourth-order valence-corrected chi connectivity index (χ4v) is 2.47. The minimum Gasteiger partial charge on any atom is -0.466 e. The molecule has 2 rings (SSSR count). The monoisotopic (exact) mass is 258 g/mol. The van der Waals surface area contributed by atoms with Crippen LogP contribution in [0.2, 0.25) is 0 Å². The van der Waals surface area contributed by atoms with Gasteiger partial charge < -0.3 is 10.2 Å². The van der Waals surface area contributed by atoms with Crippen molar-refractivity contribution >= 4 is 0 Å². The normalized spacial score (nSPS) is 12.7. The molecular weight excluding hydrogens is 236 g/mol. The van der Waals surface area contributed by atoms with Gasteiger partial charge in [-0.2, -0.15) is 0 Å². The first-order valence-electron chi connectivity index (χ1n) is 6.78. The Morgan fingerprint density at radius 2 is 1.95 bits per heavy atom. The van der Waals surface area contributed by atoms with Gasteiger partial charge in [0.1, 0.15) is 11.5 Å². The zero-order valence-electron chi connectivity index (χ0n) is 12.2. The van der Waals surface area contributed by atoms with E-state index in [0.29, 0.717) is 0 Å². The second-order valence-electron chi connectivity index (χ2n) is 5.08. The van der Waals surface area contributed by atoms with Crippen molar-refractivity contribution in [1.82, 2.24) is 4.98 Å². The summed E-state index contributed by atoms with van der Waals surface area (Å²) in [6.07, 6.45) is 3.69. The van der Waals surface area contributed by atoms with E-state index in [1.807, 2.05) is 20.0 Å². The second kappa shape index (κ2) is 5.57. The summed E-state index contributed by atoms with van der Waals surface area (Å²) in [6.45, 7) is 8.15. The van der Waals surface area contributed by atoms with Crippen LogP contribution in [0.15, 0.2) is 22.7 Å². The van der Waals surface area contributed by atoms with E-state index in [1.165, 1.54) is 5.56 Å². The molecule has 0 amide bonds. The van der Waals surface area contributed by atoms with Crippen LogP contribution in [0.1, 0.15) is 46.9 Å². The highest BCUT2D eigenvalue weighted by Gasteiger charge is 2.18. The average molecular weight is 258 g/mol. The maximum Gasteiger partial charge on any atom is 0.106 e. The second-order valence-corrected chi connectivity index (χ2v) is 5.08. The van der Waals surface area contributed by atoms with Gasteiger partial charge in [0.15, 0.2) is 0 Å². The summed E-state index contributed by atoms with van der Waals surface area (Å²) in [7, 11) is 0. The first kappa shape index (κ1) is 13.8. The minimum absolute atomic E-state index is 0.0579. The van der Waals surface area contributed by atoms with Crippen molar-refractivity contribution in [2.75, 3.05) is 0 Å². The van der Waals surface area contributed by atoms with Gasteiger partial charge in [-0.1, -0.05) is 13.0 Å². The fraction of sp³-hybridized carbons (Fsp3) is 0.438. The lowest BCUT2D eigenvalue weighted by Crippen LogP contribution is -2.15. The maximum absolute atomic E-state index is 6.31. The van der Waals surface area contributed by atoms with Crippen LogP contribution in [-0.2, 0) is 12.8 Å². The number of rotatable bonds is 4. The van der Waals surface area contributed by atoms with Crippen LogP contribution in [0, 0.1) is 20.8 Å². The molecular formula is C16H22N2O. The molecule has 0 saturated carbocycles. The molecule has 0 spiro atoms. The van der Waals surface area contributed by atoms with Gasteiger partial charge in [-0.25, -0.2) is 0 Å². The Hall–Kier alpha value is -1.61. The van der Waals surface area contributed by atoms with Crippen LogP contribution in [0.3, 0.4) is 0 Å². The standard InChI is InChI=1S/C16H22N2O/c1-5-13-6-7-14(18-9-13)8-15(17)16-10(2)11(3)19-12(16)4/h6-7,9,15H,5,8,17H2,1-4H3. The number of aromatic nitrogens is 1. The predicted octanol–water partition coefficient (Wildman–Crippen LogP) is 3.40. The van der Waals surface area contributed by atoms with Crippen molar-refractivity contribution in [3.05, 3.63) is 52.2 Å². The van der Waals surface area contributed by atoms with Crippen LogP contribution in [0.5, 0.6) is 0 Å². The summed E-state index contributed by atoms with van der Waals surface area (Å²) in [5.74, 6) is 1.88. The number of furan rings is 1. The van der Waals surface area contributed by atoms with E-state index < -0.39 is 0 Å². The molecule has 0 aromatic carbocycles. The number of hydrogen-bond acceptors (Lipinski definition) is 3. The highest BCUT2D eigenvalue weighted by molar-refractivity contribution is 5.34. The average Bonchev–Trinajstić information content (AvgIpc) is 2.64. The lowest BCUT2D eigenvalue weighted by Gasteiger charge is -2.12. The lowest BCUT2D eigenvalue weighted by molar-refractivity contribution is 0.496. The molecule has 1 atom stereocenters.